The van der Waals surface area contributed by atoms with Crippen LogP contribution in [0.25, 0.3) is 0 Å². The van der Waals surface area contributed by atoms with Crippen molar-refractivity contribution in [3.05, 3.63) is 24.1 Å². The monoisotopic (exact) mass is 481 g/mol. The lowest BCUT2D eigenvalue weighted by atomic mass is 9.84. The quantitative estimate of drug-likeness (QED) is 0.461. The van der Waals surface area contributed by atoms with Gasteiger partial charge in [-0.1, -0.05) is 50.1 Å². The number of nitrogens with zero attached hydrogens (tertiary/aromatic N) is 3. The first-order valence-electron chi connectivity index (χ1n) is 11.6. The van der Waals surface area contributed by atoms with Gasteiger partial charge in [0.15, 0.2) is 5.82 Å². The number of aromatic nitrogens is 4. The Bertz CT molecular complexity index is 975. The molecule has 2 aromatic heterocycles. The van der Waals surface area contributed by atoms with Crippen LogP contribution in [0.3, 0.4) is 0 Å². The van der Waals surface area contributed by atoms with E-state index in [1.54, 1.807) is 0 Å². The van der Waals surface area contributed by atoms with E-state index in [-0.39, 0.29) is 35.6 Å². The van der Waals surface area contributed by atoms with Crippen LogP contribution in [0.15, 0.2) is 21.8 Å². The topological polar surface area (TPSA) is 140 Å². The van der Waals surface area contributed by atoms with Crippen LogP contribution in [0.2, 0.25) is 0 Å². The average molecular weight is 482 g/mol. The molecule has 1 saturated carbocycles. The van der Waals surface area contributed by atoms with E-state index in [2.05, 4.69) is 25.1 Å². The minimum absolute atomic E-state index is 0.0248. The zero-order chi connectivity index (χ0) is 23.9. The molecule has 184 valence electrons. The van der Waals surface area contributed by atoms with E-state index >= 15 is 0 Å². The predicted molar refractivity (Wildman–Crippen MR) is 121 cm³/mol. The van der Waals surface area contributed by atoms with Gasteiger partial charge in [0.05, 0.1) is 19.2 Å². The number of H-pyrrole nitrogens is 1. The largest absolute Gasteiger partial charge is 0.460 e. The number of hydrogen-bond acceptors (Lipinski definition) is 8. The summed E-state index contributed by atoms with van der Waals surface area (Å²) < 4.78 is 37.9. The molecular formula is C22H35N5O5S. The molecule has 0 amide bonds. The molecule has 1 aliphatic carbocycles. The van der Waals surface area contributed by atoms with Gasteiger partial charge in [-0.2, -0.15) is 10.1 Å². The Morgan fingerprint density at radius 3 is 2.73 bits per heavy atom. The summed E-state index contributed by atoms with van der Waals surface area (Å²) >= 11 is 0. The minimum atomic E-state index is -3.73. The third kappa shape index (κ3) is 8.22. The summed E-state index contributed by atoms with van der Waals surface area (Å²) in [6, 6.07) is 0. The third-order valence-electron chi connectivity index (χ3n) is 5.76. The molecule has 1 aliphatic rings. The summed E-state index contributed by atoms with van der Waals surface area (Å²) in [5, 5.41) is 10.0. The Kier molecular flexibility index (Phi) is 8.63. The Labute approximate surface area is 195 Å². The smallest absolute Gasteiger partial charge is 0.307 e. The number of esters is 1. The predicted octanol–water partition coefficient (Wildman–Crippen LogP) is 3.84. The first kappa shape index (κ1) is 25.4. The lowest BCUT2D eigenvalue weighted by molar-refractivity contribution is -0.155. The van der Waals surface area contributed by atoms with Crippen LogP contribution in [0.4, 0.5) is 0 Å². The van der Waals surface area contributed by atoms with E-state index in [4.69, 9.17) is 9.26 Å². The standard InChI is InChI=1S/C22H35N5O5S/c1-22(2,3)31-20(28)12-17(11-7-10-16-8-5-4-6-9-16)21-26-19(27-32-21)15-25-33(29,30)18-13-23-24-14-18/h13-14,16-17,25H,4-12,15H2,1-3H3,(H,23,24). The second-order valence-corrected chi connectivity index (χ2v) is 11.5. The third-order valence-corrected chi connectivity index (χ3v) is 7.13. The molecule has 1 atom stereocenters. The fourth-order valence-electron chi connectivity index (χ4n) is 4.16. The van der Waals surface area contributed by atoms with Crippen LogP contribution in [0, 0.1) is 5.92 Å². The zero-order valence-electron chi connectivity index (χ0n) is 19.7. The Morgan fingerprint density at radius 1 is 1.30 bits per heavy atom. The van der Waals surface area contributed by atoms with E-state index in [0.29, 0.717) is 5.89 Å². The molecule has 0 aromatic carbocycles. The van der Waals surface area contributed by atoms with E-state index < -0.39 is 15.6 Å². The van der Waals surface area contributed by atoms with Crippen molar-refractivity contribution >= 4 is 16.0 Å². The Morgan fingerprint density at radius 2 is 2.06 bits per heavy atom. The van der Waals surface area contributed by atoms with E-state index in [9.17, 15) is 13.2 Å². The van der Waals surface area contributed by atoms with Crippen LogP contribution in [0.5, 0.6) is 0 Å². The number of aromatic amines is 1. The zero-order valence-corrected chi connectivity index (χ0v) is 20.5. The summed E-state index contributed by atoms with van der Waals surface area (Å²) in [5.41, 5.74) is -0.574. The molecule has 0 bridgehead atoms. The second kappa shape index (κ2) is 11.2. The number of rotatable bonds is 11. The van der Waals surface area contributed by atoms with Crippen molar-refractivity contribution in [3.63, 3.8) is 0 Å². The van der Waals surface area contributed by atoms with Gasteiger partial charge in [-0.3, -0.25) is 9.89 Å². The highest BCUT2D eigenvalue weighted by Gasteiger charge is 2.27. The van der Waals surface area contributed by atoms with Crippen LogP contribution < -0.4 is 4.72 Å². The fraction of sp³-hybridized carbons (Fsp3) is 0.727. The lowest BCUT2D eigenvalue weighted by Crippen LogP contribution is -2.25. The van der Waals surface area contributed by atoms with Gasteiger partial charge in [0, 0.05) is 12.1 Å². The highest BCUT2D eigenvalue weighted by atomic mass is 32.2. The van der Waals surface area contributed by atoms with Crippen molar-refractivity contribution in [2.45, 2.75) is 102 Å². The highest BCUT2D eigenvalue weighted by Crippen LogP contribution is 2.31. The maximum Gasteiger partial charge on any atom is 0.307 e. The summed E-state index contributed by atoms with van der Waals surface area (Å²) in [6.07, 6.45) is 11.9. The Hall–Kier alpha value is -2.27. The summed E-state index contributed by atoms with van der Waals surface area (Å²) in [5.74, 6) is 0.706. The molecule has 0 aliphatic heterocycles. The maximum atomic E-state index is 12.5. The van der Waals surface area contributed by atoms with Crippen molar-refractivity contribution in [1.29, 1.82) is 0 Å². The first-order chi connectivity index (χ1) is 15.6. The van der Waals surface area contributed by atoms with Gasteiger partial charge in [0.2, 0.25) is 15.9 Å². The molecule has 11 heteroatoms. The molecule has 2 aromatic rings. The summed E-state index contributed by atoms with van der Waals surface area (Å²) in [4.78, 5) is 16.9. The van der Waals surface area contributed by atoms with Crippen LogP contribution in [-0.2, 0) is 26.1 Å². The molecule has 10 nitrogen and oxygen atoms in total. The van der Waals surface area contributed by atoms with Gasteiger partial charge >= 0.3 is 5.97 Å². The maximum absolute atomic E-state index is 12.5. The number of nitrogens with one attached hydrogen (secondary N) is 2. The number of sulfonamides is 1. The molecule has 3 rings (SSSR count). The molecule has 0 saturated heterocycles. The van der Waals surface area contributed by atoms with Crippen molar-refractivity contribution in [3.8, 4) is 0 Å². The minimum Gasteiger partial charge on any atom is -0.460 e. The highest BCUT2D eigenvalue weighted by molar-refractivity contribution is 7.89. The summed E-state index contributed by atoms with van der Waals surface area (Å²) in [6.45, 7) is 5.37. The number of carbonyl (C=O) groups excluding carboxylic acids is 1. The van der Waals surface area contributed by atoms with Gasteiger partial charge in [-0.25, -0.2) is 13.1 Å². The van der Waals surface area contributed by atoms with Crippen molar-refractivity contribution in [2.24, 2.45) is 5.92 Å². The molecule has 0 radical (unpaired) electrons. The number of ether oxygens (including phenoxy) is 1. The van der Waals surface area contributed by atoms with Crippen LogP contribution in [0.1, 0.15) is 96.2 Å². The molecule has 33 heavy (non-hydrogen) atoms. The molecular weight excluding hydrogens is 446 g/mol. The van der Waals surface area contributed by atoms with Crippen molar-refractivity contribution < 1.29 is 22.5 Å². The average Bonchev–Trinajstić information content (AvgIpc) is 3.44. The van der Waals surface area contributed by atoms with Crippen LogP contribution >= 0.6 is 0 Å². The molecule has 1 fully saturated rings. The normalized spacial score (nSPS) is 16.6. The number of hydrogen-bond donors (Lipinski definition) is 2. The SMILES string of the molecule is CC(C)(C)OC(=O)CC(CCCC1CCCCC1)c1nc(CNS(=O)(=O)c2cn[nH]c2)no1. The van der Waals surface area contributed by atoms with Gasteiger partial charge < -0.3 is 9.26 Å². The molecule has 1 unspecified atom stereocenters. The van der Waals surface area contributed by atoms with Crippen LogP contribution in [-0.4, -0.2) is 40.3 Å². The van der Waals surface area contributed by atoms with Gasteiger partial charge in [0.1, 0.15) is 10.5 Å². The lowest BCUT2D eigenvalue weighted by Gasteiger charge is -2.23. The van der Waals surface area contributed by atoms with Gasteiger partial charge in [-0.05, 0) is 33.1 Å². The van der Waals surface area contributed by atoms with Crippen molar-refractivity contribution in [2.75, 3.05) is 0 Å². The van der Waals surface area contributed by atoms with Gasteiger partial charge in [0.25, 0.3) is 0 Å². The Balaban J connectivity index is 1.62. The van der Waals surface area contributed by atoms with Crippen molar-refractivity contribution in [1.82, 2.24) is 25.1 Å². The van der Waals surface area contributed by atoms with E-state index in [1.165, 1.54) is 44.5 Å². The first-order valence-corrected chi connectivity index (χ1v) is 13.1. The number of carbonyl (C=O) groups is 1. The van der Waals surface area contributed by atoms with Gasteiger partial charge in [-0.15, -0.1) is 0 Å². The molecule has 0 spiro atoms. The van der Waals surface area contributed by atoms with E-state index in [1.807, 2.05) is 20.8 Å². The molecule has 2 N–H and O–H groups in total. The summed E-state index contributed by atoms with van der Waals surface area (Å²) in [7, 11) is -3.73. The van der Waals surface area contributed by atoms with E-state index in [0.717, 1.165) is 25.2 Å². The second-order valence-electron chi connectivity index (χ2n) is 9.73. The molecule has 2 heterocycles. The fourth-order valence-corrected chi connectivity index (χ4v) is 5.05.